The molecule has 0 fully saturated rings. The van der Waals surface area contributed by atoms with Crippen LogP contribution in [0.15, 0.2) is 63.8 Å². The number of carbonyl (C=O) groups is 1. The van der Waals surface area contributed by atoms with Crippen molar-refractivity contribution in [2.75, 3.05) is 18.9 Å². The maximum absolute atomic E-state index is 12.6. The average molecular weight is 449 g/mol. The minimum atomic E-state index is -3.74. The van der Waals surface area contributed by atoms with Crippen LogP contribution >= 0.6 is 23.1 Å². The number of aryl methyl sites for hydroxylation is 1. The molecule has 1 heterocycles. The fraction of sp³-hybridized carbons (Fsp3) is 0.211. The first kappa shape index (κ1) is 21.4. The summed E-state index contributed by atoms with van der Waals surface area (Å²) in [6.07, 6.45) is 0. The van der Waals surface area contributed by atoms with E-state index >= 15 is 0 Å². The van der Waals surface area contributed by atoms with Gasteiger partial charge in [0.05, 0.1) is 11.4 Å². The number of amides is 1. The number of nitrogens with zero attached hydrogens (tertiary/aromatic N) is 3. The van der Waals surface area contributed by atoms with E-state index in [0.717, 1.165) is 20.0 Å². The van der Waals surface area contributed by atoms with Crippen molar-refractivity contribution in [1.82, 2.24) is 14.5 Å². The van der Waals surface area contributed by atoms with Gasteiger partial charge < -0.3 is 0 Å². The van der Waals surface area contributed by atoms with Crippen molar-refractivity contribution in [2.45, 2.75) is 21.9 Å². The minimum absolute atomic E-state index is 0.147. The highest BCUT2D eigenvalue weighted by Crippen LogP contribution is 2.28. The lowest BCUT2D eigenvalue weighted by atomic mass is 10.2. The van der Waals surface area contributed by atoms with Crippen molar-refractivity contribution >= 4 is 44.2 Å². The molecule has 0 atom stereocenters. The third-order valence-electron chi connectivity index (χ3n) is 3.95. The molecule has 1 N–H and O–H groups in total. The number of aromatic nitrogens is 2. The molecule has 1 amide bonds. The summed E-state index contributed by atoms with van der Waals surface area (Å²) in [5.41, 5.74) is 2.13. The Morgan fingerprint density at radius 2 is 1.79 bits per heavy atom. The van der Waals surface area contributed by atoms with Crippen LogP contribution in [0.2, 0.25) is 0 Å². The fourth-order valence-electron chi connectivity index (χ4n) is 2.37. The smallest absolute Gasteiger partial charge is 0.243 e. The summed E-state index contributed by atoms with van der Waals surface area (Å²) in [5, 5.41) is 11.0. The molecular weight excluding hydrogens is 428 g/mol. The Morgan fingerprint density at radius 1 is 1.10 bits per heavy atom. The number of sulfonamides is 1. The summed E-state index contributed by atoms with van der Waals surface area (Å²) >= 11 is 2.78. The highest BCUT2D eigenvalue weighted by molar-refractivity contribution is 8.00. The van der Waals surface area contributed by atoms with Gasteiger partial charge in [-0.3, -0.25) is 10.1 Å². The Labute approximate surface area is 178 Å². The SMILES string of the molecule is Cc1ccc(S(=O)(=O)N(C)CC(=O)Nc2nnc(SCc3ccccc3)s2)cc1. The third-order valence-corrected chi connectivity index (χ3v) is 7.81. The number of hydrogen-bond donors (Lipinski definition) is 1. The predicted molar refractivity (Wildman–Crippen MR) is 116 cm³/mol. The zero-order chi connectivity index (χ0) is 20.9. The van der Waals surface area contributed by atoms with Crippen molar-refractivity contribution < 1.29 is 13.2 Å². The van der Waals surface area contributed by atoms with E-state index in [-0.39, 0.29) is 11.4 Å². The van der Waals surface area contributed by atoms with Gasteiger partial charge in [-0.15, -0.1) is 10.2 Å². The number of carbonyl (C=O) groups excluding carboxylic acids is 1. The van der Waals surface area contributed by atoms with Gasteiger partial charge in [0.25, 0.3) is 0 Å². The summed E-state index contributed by atoms with van der Waals surface area (Å²) in [6.45, 7) is 1.56. The summed E-state index contributed by atoms with van der Waals surface area (Å²) in [5.74, 6) is 0.278. The van der Waals surface area contributed by atoms with Crippen LogP contribution in [-0.2, 0) is 20.6 Å². The Hall–Kier alpha value is -2.27. The number of rotatable bonds is 8. The Morgan fingerprint density at radius 3 is 2.48 bits per heavy atom. The quantitative estimate of drug-likeness (QED) is 0.419. The maximum Gasteiger partial charge on any atom is 0.243 e. The van der Waals surface area contributed by atoms with Crippen LogP contribution in [0.25, 0.3) is 0 Å². The second-order valence-electron chi connectivity index (χ2n) is 6.27. The van der Waals surface area contributed by atoms with E-state index in [4.69, 9.17) is 0 Å². The van der Waals surface area contributed by atoms with E-state index in [2.05, 4.69) is 15.5 Å². The van der Waals surface area contributed by atoms with Crippen LogP contribution < -0.4 is 5.32 Å². The molecule has 29 heavy (non-hydrogen) atoms. The first-order valence-corrected chi connectivity index (χ1v) is 11.9. The molecule has 0 radical (unpaired) electrons. The second-order valence-corrected chi connectivity index (χ2v) is 10.5. The molecule has 0 spiro atoms. The first-order chi connectivity index (χ1) is 13.8. The van der Waals surface area contributed by atoms with Crippen LogP contribution in [0.3, 0.4) is 0 Å². The number of thioether (sulfide) groups is 1. The van der Waals surface area contributed by atoms with E-state index in [1.807, 2.05) is 37.3 Å². The lowest BCUT2D eigenvalue weighted by molar-refractivity contribution is -0.116. The normalized spacial score (nSPS) is 11.6. The van der Waals surface area contributed by atoms with Crippen LogP contribution in [0.5, 0.6) is 0 Å². The molecule has 0 aliphatic rings. The topological polar surface area (TPSA) is 92.3 Å². The van der Waals surface area contributed by atoms with Crippen molar-refractivity contribution in [1.29, 1.82) is 0 Å². The number of hydrogen-bond acceptors (Lipinski definition) is 7. The molecule has 7 nitrogen and oxygen atoms in total. The Bertz CT molecular complexity index is 1070. The maximum atomic E-state index is 12.6. The standard InChI is InChI=1S/C19H20N4O3S3/c1-14-8-10-16(11-9-14)29(25,26)23(2)12-17(24)20-18-21-22-19(28-18)27-13-15-6-4-3-5-7-15/h3-11H,12-13H2,1-2H3,(H,20,21,24). The largest absolute Gasteiger partial charge is 0.299 e. The van der Waals surface area contributed by atoms with Crippen molar-refractivity contribution in [3.05, 3.63) is 65.7 Å². The molecule has 0 bridgehead atoms. The zero-order valence-corrected chi connectivity index (χ0v) is 18.4. The molecule has 3 rings (SSSR count). The van der Waals surface area contributed by atoms with Crippen molar-refractivity contribution in [2.24, 2.45) is 0 Å². The van der Waals surface area contributed by atoms with Crippen LogP contribution in [0.4, 0.5) is 5.13 Å². The van der Waals surface area contributed by atoms with Gasteiger partial charge in [-0.2, -0.15) is 4.31 Å². The number of benzene rings is 2. The molecule has 0 saturated heterocycles. The molecule has 3 aromatic rings. The monoisotopic (exact) mass is 448 g/mol. The molecule has 0 aliphatic heterocycles. The minimum Gasteiger partial charge on any atom is -0.299 e. The van der Waals surface area contributed by atoms with Crippen LogP contribution in [0.1, 0.15) is 11.1 Å². The van der Waals surface area contributed by atoms with E-state index in [1.54, 1.807) is 12.1 Å². The number of nitrogens with one attached hydrogen (secondary N) is 1. The Balaban J connectivity index is 1.55. The van der Waals surface area contributed by atoms with Gasteiger partial charge >= 0.3 is 0 Å². The lowest BCUT2D eigenvalue weighted by Gasteiger charge is -2.16. The third kappa shape index (κ3) is 5.86. The number of likely N-dealkylation sites (N-methyl/N-ethyl adjacent to an activating group) is 1. The summed E-state index contributed by atoms with van der Waals surface area (Å²) in [4.78, 5) is 12.4. The van der Waals surface area contributed by atoms with Crippen LogP contribution in [0, 0.1) is 6.92 Å². The predicted octanol–water partition coefficient (Wildman–Crippen LogP) is 3.40. The van der Waals surface area contributed by atoms with E-state index < -0.39 is 15.9 Å². The molecule has 1 aromatic heterocycles. The van der Waals surface area contributed by atoms with E-state index in [9.17, 15) is 13.2 Å². The molecule has 2 aromatic carbocycles. The molecule has 10 heteroatoms. The van der Waals surface area contributed by atoms with Crippen LogP contribution in [-0.4, -0.2) is 42.4 Å². The van der Waals surface area contributed by atoms with Crippen molar-refractivity contribution in [3.63, 3.8) is 0 Å². The molecular formula is C19H20N4O3S3. The molecule has 0 unspecified atom stereocenters. The molecule has 0 aliphatic carbocycles. The highest BCUT2D eigenvalue weighted by Gasteiger charge is 2.23. The van der Waals surface area contributed by atoms with E-state index in [1.165, 1.54) is 47.8 Å². The van der Waals surface area contributed by atoms with Gasteiger partial charge in [0.2, 0.25) is 21.1 Å². The van der Waals surface area contributed by atoms with Gasteiger partial charge in [0.15, 0.2) is 4.34 Å². The zero-order valence-electron chi connectivity index (χ0n) is 15.9. The van der Waals surface area contributed by atoms with Gasteiger partial charge in [-0.1, -0.05) is 71.1 Å². The van der Waals surface area contributed by atoms with Gasteiger partial charge in [-0.05, 0) is 24.6 Å². The second kappa shape index (κ2) is 9.49. The van der Waals surface area contributed by atoms with Gasteiger partial charge in [0.1, 0.15) is 0 Å². The summed E-state index contributed by atoms with van der Waals surface area (Å²) < 4.78 is 26.9. The van der Waals surface area contributed by atoms with E-state index in [0.29, 0.717) is 5.13 Å². The Kier molecular flexibility index (Phi) is 7.01. The highest BCUT2D eigenvalue weighted by atomic mass is 32.2. The summed E-state index contributed by atoms with van der Waals surface area (Å²) in [6, 6.07) is 16.5. The van der Waals surface area contributed by atoms with Gasteiger partial charge in [-0.25, -0.2) is 8.42 Å². The molecule has 152 valence electrons. The van der Waals surface area contributed by atoms with Crippen molar-refractivity contribution in [3.8, 4) is 0 Å². The average Bonchev–Trinajstić information content (AvgIpc) is 3.14. The fourth-order valence-corrected chi connectivity index (χ4v) is 5.23. The summed E-state index contributed by atoms with van der Waals surface area (Å²) in [7, 11) is -2.37. The number of anilines is 1. The first-order valence-electron chi connectivity index (χ1n) is 8.68. The molecule has 0 saturated carbocycles. The lowest BCUT2D eigenvalue weighted by Crippen LogP contribution is -2.34. The van der Waals surface area contributed by atoms with Gasteiger partial charge in [0, 0.05) is 12.8 Å².